The Balaban J connectivity index is 1.55. The molecule has 176 valence electrons. The van der Waals surface area contributed by atoms with E-state index in [1.807, 2.05) is 24.3 Å². The fraction of sp³-hybridized carbons (Fsp3) is 0.370. The van der Waals surface area contributed by atoms with Crippen LogP contribution in [0, 0.1) is 6.92 Å². The van der Waals surface area contributed by atoms with E-state index in [9.17, 15) is 4.79 Å². The second-order valence-electron chi connectivity index (χ2n) is 8.39. The van der Waals surface area contributed by atoms with Crippen molar-refractivity contribution in [2.75, 3.05) is 20.8 Å². The summed E-state index contributed by atoms with van der Waals surface area (Å²) < 4.78 is 16.5. The highest BCUT2D eigenvalue weighted by molar-refractivity contribution is 5.91. The molecule has 1 heterocycles. The summed E-state index contributed by atoms with van der Waals surface area (Å²) in [5, 5.41) is 2.93. The maximum Gasteiger partial charge on any atom is 0.287 e. The lowest BCUT2D eigenvalue weighted by Crippen LogP contribution is -2.30. The Labute approximate surface area is 196 Å². The van der Waals surface area contributed by atoms with Gasteiger partial charge in [0.25, 0.3) is 5.91 Å². The molecule has 1 aromatic heterocycles. The van der Waals surface area contributed by atoms with E-state index in [2.05, 4.69) is 55.3 Å². The zero-order valence-electron chi connectivity index (χ0n) is 20.2. The summed E-state index contributed by atoms with van der Waals surface area (Å²) in [6.45, 7) is 8.44. The highest BCUT2D eigenvalue weighted by atomic mass is 16.5. The van der Waals surface area contributed by atoms with Gasteiger partial charge in [0.2, 0.25) is 0 Å². The molecule has 0 atom stereocenters. The number of benzene rings is 2. The van der Waals surface area contributed by atoms with E-state index in [1.54, 1.807) is 20.3 Å². The first-order valence-electron chi connectivity index (χ1n) is 11.3. The Morgan fingerprint density at radius 2 is 1.76 bits per heavy atom. The first-order chi connectivity index (χ1) is 15.9. The molecule has 2 aromatic carbocycles. The lowest BCUT2D eigenvalue weighted by Gasteiger charge is -2.26. The minimum atomic E-state index is -0.211. The van der Waals surface area contributed by atoms with Crippen LogP contribution in [0.15, 0.2) is 59.0 Å². The summed E-state index contributed by atoms with van der Waals surface area (Å²) in [6, 6.07) is 18.1. The van der Waals surface area contributed by atoms with Gasteiger partial charge in [0.05, 0.1) is 20.8 Å². The van der Waals surface area contributed by atoms with Crippen LogP contribution in [0.2, 0.25) is 0 Å². The predicted octanol–water partition coefficient (Wildman–Crippen LogP) is 4.99. The van der Waals surface area contributed by atoms with Gasteiger partial charge in [-0.2, -0.15) is 0 Å². The minimum Gasteiger partial charge on any atom is -0.493 e. The van der Waals surface area contributed by atoms with E-state index in [1.165, 1.54) is 11.1 Å². The number of nitrogens with zero attached hydrogens (tertiary/aromatic N) is 1. The quantitative estimate of drug-likeness (QED) is 0.446. The van der Waals surface area contributed by atoms with Crippen molar-refractivity contribution in [1.82, 2.24) is 10.2 Å². The number of ether oxygens (including phenoxy) is 2. The molecule has 6 heteroatoms. The molecule has 33 heavy (non-hydrogen) atoms. The van der Waals surface area contributed by atoms with Crippen LogP contribution in [0.5, 0.6) is 11.5 Å². The van der Waals surface area contributed by atoms with Crippen LogP contribution in [0.3, 0.4) is 0 Å². The molecule has 0 radical (unpaired) electrons. The molecule has 0 aliphatic heterocycles. The van der Waals surface area contributed by atoms with Gasteiger partial charge in [0, 0.05) is 19.1 Å². The van der Waals surface area contributed by atoms with E-state index in [0.29, 0.717) is 42.8 Å². The summed E-state index contributed by atoms with van der Waals surface area (Å²) >= 11 is 0. The van der Waals surface area contributed by atoms with Crippen LogP contribution in [0.1, 0.15) is 46.9 Å². The van der Waals surface area contributed by atoms with E-state index < -0.39 is 0 Å². The number of hydrogen-bond donors (Lipinski definition) is 1. The molecule has 0 aliphatic carbocycles. The molecule has 0 saturated heterocycles. The third-order valence-electron chi connectivity index (χ3n) is 5.76. The second-order valence-corrected chi connectivity index (χ2v) is 8.39. The zero-order chi connectivity index (χ0) is 23.8. The monoisotopic (exact) mass is 450 g/mol. The summed E-state index contributed by atoms with van der Waals surface area (Å²) in [4.78, 5) is 14.9. The van der Waals surface area contributed by atoms with Gasteiger partial charge in [-0.15, -0.1) is 0 Å². The maximum absolute atomic E-state index is 12.6. The summed E-state index contributed by atoms with van der Waals surface area (Å²) in [6.07, 6.45) is 0.678. The number of hydrogen-bond acceptors (Lipinski definition) is 5. The van der Waals surface area contributed by atoms with E-state index in [4.69, 9.17) is 13.9 Å². The Kier molecular flexibility index (Phi) is 8.55. The van der Waals surface area contributed by atoms with Gasteiger partial charge in [-0.25, -0.2) is 0 Å². The number of nitrogens with one attached hydrogen (secondary N) is 1. The normalized spacial score (nSPS) is 11.1. The number of rotatable bonds is 11. The fourth-order valence-corrected chi connectivity index (χ4v) is 3.66. The van der Waals surface area contributed by atoms with Crippen LogP contribution in [0.4, 0.5) is 0 Å². The largest absolute Gasteiger partial charge is 0.493 e. The van der Waals surface area contributed by atoms with Gasteiger partial charge in [-0.05, 0) is 68.1 Å². The summed E-state index contributed by atoms with van der Waals surface area (Å²) in [5.41, 5.74) is 3.62. The lowest BCUT2D eigenvalue weighted by atomic mass is 10.1. The van der Waals surface area contributed by atoms with E-state index in [-0.39, 0.29) is 5.91 Å². The number of furan rings is 1. The van der Waals surface area contributed by atoms with Crippen molar-refractivity contribution in [3.8, 4) is 11.5 Å². The Morgan fingerprint density at radius 1 is 1.00 bits per heavy atom. The molecule has 0 bridgehead atoms. The fourth-order valence-electron chi connectivity index (χ4n) is 3.66. The molecule has 0 unspecified atom stereocenters. The third kappa shape index (κ3) is 6.62. The van der Waals surface area contributed by atoms with Crippen molar-refractivity contribution in [2.45, 2.75) is 46.3 Å². The molecular formula is C27H34N2O4. The number of methoxy groups -OCH3 is 2. The van der Waals surface area contributed by atoms with Gasteiger partial charge in [-0.1, -0.05) is 30.3 Å². The van der Waals surface area contributed by atoms with Crippen molar-refractivity contribution < 1.29 is 18.7 Å². The molecule has 0 saturated carbocycles. The second kappa shape index (κ2) is 11.6. The van der Waals surface area contributed by atoms with Crippen molar-refractivity contribution in [3.05, 3.63) is 82.8 Å². The van der Waals surface area contributed by atoms with Crippen molar-refractivity contribution in [2.24, 2.45) is 0 Å². The predicted molar refractivity (Wildman–Crippen MR) is 130 cm³/mol. The van der Waals surface area contributed by atoms with Crippen LogP contribution in [-0.4, -0.2) is 37.6 Å². The van der Waals surface area contributed by atoms with Crippen LogP contribution >= 0.6 is 0 Å². The van der Waals surface area contributed by atoms with E-state index in [0.717, 1.165) is 17.9 Å². The van der Waals surface area contributed by atoms with E-state index >= 15 is 0 Å². The molecular weight excluding hydrogens is 416 g/mol. The Morgan fingerprint density at radius 3 is 2.45 bits per heavy atom. The van der Waals surface area contributed by atoms with Crippen LogP contribution in [-0.2, 0) is 19.5 Å². The molecule has 1 amide bonds. The molecule has 0 fully saturated rings. The van der Waals surface area contributed by atoms with Gasteiger partial charge >= 0.3 is 0 Å². The zero-order valence-corrected chi connectivity index (χ0v) is 20.2. The van der Waals surface area contributed by atoms with Crippen molar-refractivity contribution in [1.29, 1.82) is 0 Å². The van der Waals surface area contributed by atoms with Crippen LogP contribution in [0.25, 0.3) is 0 Å². The highest BCUT2D eigenvalue weighted by Gasteiger charge is 2.16. The number of carbonyl (C=O) groups is 1. The first kappa shape index (κ1) is 24.4. The molecule has 3 aromatic rings. The van der Waals surface area contributed by atoms with Gasteiger partial charge in [-0.3, -0.25) is 9.69 Å². The topological polar surface area (TPSA) is 63.9 Å². The average Bonchev–Trinajstić information content (AvgIpc) is 3.28. The molecule has 0 spiro atoms. The van der Waals surface area contributed by atoms with Gasteiger partial charge < -0.3 is 19.2 Å². The highest BCUT2D eigenvalue weighted by Crippen LogP contribution is 2.27. The minimum absolute atomic E-state index is 0.211. The van der Waals surface area contributed by atoms with Crippen LogP contribution < -0.4 is 14.8 Å². The molecule has 0 aliphatic rings. The molecule has 3 rings (SSSR count). The Bertz CT molecular complexity index is 1060. The smallest absolute Gasteiger partial charge is 0.287 e. The van der Waals surface area contributed by atoms with Gasteiger partial charge in [0.1, 0.15) is 5.76 Å². The maximum atomic E-state index is 12.6. The average molecular weight is 451 g/mol. The van der Waals surface area contributed by atoms with Crippen molar-refractivity contribution >= 4 is 5.91 Å². The third-order valence-corrected chi connectivity index (χ3v) is 5.76. The first-order valence-corrected chi connectivity index (χ1v) is 11.3. The SMILES string of the molecule is COc1ccc(CCNC(=O)c2ccc(CN(Cc3ccccc3C)C(C)C)o2)cc1OC. The molecule has 6 nitrogen and oxygen atoms in total. The van der Waals surface area contributed by atoms with Crippen molar-refractivity contribution in [3.63, 3.8) is 0 Å². The van der Waals surface area contributed by atoms with Gasteiger partial charge in [0.15, 0.2) is 17.3 Å². The number of carbonyl (C=O) groups excluding carboxylic acids is 1. The lowest BCUT2D eigenvalue weighted by molar-refractivity contribution is 0.0921. The summed E-state index contributed by atoms with van der Waals surface area (Å²) in [7, 11) is 3.22. The number of amides is 1. The Hall–Kier alpha value is -3.25. The molecule has 1 N–H and O–H groups in total. The summed E-state index contributed by atoms with van der Waals surface area (Å²) in [5.74, 6) is 2.26. The number of aryl methyl sites for hydroxylation is 1. The standard InChI is InChI=1S/C27H34N2O4/c1-19(2)29(17-22-9-7-6-8-20(22)3)18-23-11-13-25(33-23)27(30)28-15-14-21-10-12-24(31-4)26(16-21)32-5/h6-13,16,19H,14-15,17-18H2,1-5H3,(H,28,30).